The summed E-state index contributed by atoms with van der Waals surface area (Å²) >= 11 is 0. The molecule has 0 aromatic carbocycles. The van der Waals surface area contributed by atoms with E-state index in [9.17, 15) is 14.9 Å². The second-order valence-corrected chi connectivity index (χ2v) is 5.13. The molecule has 1 saturated carbocycles. The highest BCUT2D eigenvalue weighted by molar-refractivity contribution is 5.93. The second-order valence-electron chi connectivity index (χ2n) is 5.13. The lowest BCUT2D eigenvalue weighted by Gasteiger charge is -2.33. The summed E-state index contributed by atoms with van der Waals surface area (Å²) in [5.41, 5.74) is 5.93. The van der Waals surface area contributed by atoms with Crippen LogP contribution in [0.5, 0.6) is 0 Å². The van der Waals surface area contributed by atoms with Gasteiger partial charge < -0.3 is 16.0 Å². The third-order valence-corrected chi connectivity index (χ3v) is 3.57. The molecule has 0 saturated heterocycles. The standard InChI is InChI=1S/C12H18N4O3/c13-12(4-2-1-3-5-12)8-15-11(17)10-6-9(7-14-10)16(18)19/h6-7,14H,1-5,8,13H2,(H,15,17). The lowest BCUT2D eigenvalue weighted by atomic mass is 9.82. The van der Waals surface area contributed by atoms with Crippen molar-refractivity contribution in [1.29, 1.82) is 0 Å². The molecule has 1 aromatic heterocycles. The number of carbonyl (C=O) groups excluding carboxylic acids is 1. The van der Waals surface area contributed by atoms with Gasteiger partial charge in [0.1, 0.15) is 5.69 Å². The molecule has 104 valence electrons. The van der Waals surface area contributed by atoms with Gasteiger partial charge in [-0.2, -0.15) is 0 Å². The van der Waals surface area contributed by atoms with Crippen LogP contribution in [0.4, 0.5) is 5.69 Å². The van der Waals surface area contributed by atoms with Crippen LogP contribution in [0.1, 0.15) is 42.6 Å². The van der Waals surface area contributed by atoms with E-state index in [0.717, 1.165) is 25.7 Å². The van der Waals surface area contributed by atoms with Gasteiger partial charge in [0, 0.05) is 18.2 Å². The van der Waals surface area contributed by atoms with E-state index in [2.05, 4.69) is 10.3 Å². The summed E-state index contributed by atoms with van der Waals surface area (Å²) in [5, 5.41) is 13.3. The van der Waals surface area contributed by atoms with E-state index >= 15 is 0 Å². The van der Waals surface area contributed by atoms with Gasteiger partial charge in [-0.3, -0.25) is 14.9 Å². The van der Waals surface area contributed by atoms with Gasteiger partial charge in [0.2, 0.25) is 0 Å². The van der Waals surface area contributed by atoms with Gasteiger partial charge in [-0.25, -0.2) is 0 Å². The summed E-state index contributed by atoms with van der Waals surface area (Å²) in [6.07, 6.45) is 6.36. The second kappa shape index (κ2) is 5.40. The average Bonchev–Trinajstić information content (AvgIpc) is 2.87. The van der Waals surface area contributed by atoms with E-state index < -0.39 is 4.92 Å². The van der Waals surface area contributed by atoms with Crippen molar-refractivity contribution in [2.45, 2.75) is 37.6 Å². The van der Waals surface area contributed by atoms with Crippen LogP contribution in [0.25, 0.3) is 0 Å². The average molecular weight is 266 g/mol. The predicted octanol–water partition coefficient (Wildman–Crippen LogP) is 1.31. The lowest BCUT2D eigenvalue weighted by molar-refractivity contribution is -0.384. The third-order valence-electron chi connectivity index (χ3n) is 3.57. The molecule has 7 heteroatoms. The molecule has 0 bridgehead atoms. The Labute approximate surface area is 110 Å². The van der Waals surface area contributed by atoms with E-state index in [4.69, 9.17) is 5.73 Å². The summed E-state index contributed by atoms with van der Waals surface area (Å²) in [5.74, 6) is -0.358. The summed E-state index contributed by atoms with van der Waals surface area (Å²) in [4.78, 5) is 24.4. The topological polar surface area (TPSA) is 114 Å². The van der Waals surface area contributed by atoms with E-state index in [1.165, 1.54) is 18.7 Å². The number of nitrogens with two attached hydrogens (primary N) is 1. The summed E-state index contributed by atoms with van der Waals surface area (Å²) in [7, 11) is 0. The summed E-state index contributed by atoms with van der Waals surface area (Å²) < 4.78 is 0. The highest BCUT2D eigenvalue weighted by atomic mass is 16.6. The molecule has 0 radical (unpaired) electrons. The Hall–Kier alpha value is -1.89. The van der Waals surface area contributed by atoms with Crippen LogP contribution in [0.3, 0.4) is 0 Å². The number of nitro groups is 1. The molecule has 0 spiro atoms. The number of aromatic amines is 1. The molecule has 1 heterocycles. The lowest BCUT2D eigenvalue weighted by Crippen LogP contribution is -2.51. The fourth-order valence-corrected chi connectivity index (χ4v) is 2.40. The van der Waals surface area contributed by atoms with E-state index in [1.807, 2.05) is 0 Å². The zero-order chi connectivity index (χ0) is 13.9. The number of nitrogens with zero attached hydrogens (tertiary/aromatic N) is 1. The van der Waals surface area contributed by atoms with Gasteiger partial charge in [-0.05, 0) is 12.8 Å². The molecular weight excluding hydrogens is 248 g/mol. The van der Waals surface area contributed by atoms with Crippen molar-refractivity contribution >= 4 is 11.6 Å². The molecule has 19 heavy (non-hydrogen) atoms. The zero-order valence-corrected chi connectivity index (χ0v) is 10.6. The number of amides is 1. The molecular formula is C12H18N4O3. The molecule has 1 aliphatic rings. The van der Waals surface area contributed by atoms with Gasteiger partial charge in [0.25, 0.3) is 11.6 Å². The van der Waals surface area contributed by atoms with Gasteiger partial charge >= 0.3 is 0 Å². The molecule has 1 amide bonds. The van der Waals surface area contributed by atoms with Gasteiger partial charge in [0.05, 0.1) is 11.1 Å². The Balaban J connectivity index is 1.91. The Morgan fingerprint density at radius 2 is 2.16 bits per heavy atom. The van der Waals surface area contributed by atoms with E-state index in [1.54, 1.807) is 0 Å². The Morgan fingerprint density at radius 1 is 1.47 bits per heavy atom. The minimum absolute atomic E-state index is 0.120. The maximum atomic E-state index is 11.8. The van der Waals surface area contributed by atoms with Crippen molar-refractivity contribution in [3.63, 3.8) is 0 Å². The van der Waals surface area contributed by atoms with Crippen molar-refractivity contribution < 1.29 is 9.72 Å². The van der Waals surface area contributed by atoms with Gasteiger partial charge in [-0.1, -0.05) is 19.3 Å². The molecule has 1 aromatic rings. The number of aromatic nitrogens is 1. The predicted molar refractivity (Wildman–Crippen MR) is 69.8 cm³/mol. The summed E-state index contributed by atoms with van der Waals surface area (Å²) in [6, 6.07) is 1.22. The maximum Gasteiger partial charge on any atom is 0.287 e. The van der Waals surface area contributed by atoms with Crippen molar-refractivity contribution in [2.24, 2.45) is 5.73 Å². The van der Waals surface area contributed by atoms with Crippen LogP contribution in [0.15, 0.2) is 12.3 Å². The van der Waals surface area contributed by atoms with Gasteiger partial charge in [-0.15, -0.1) is 0 Å². The molecule has 4 N–H and O–H groups in total. The van der Waals surface area contributed by atoms with Crippen LogP contribution in [-0.4, -0.2) is 27.9 Å². The van der Waals surface area contributed by atoms with Crippen molar-refractivity contribution in [1.82, 2.24) is 10.3 Å². The fraction of sp³-hybridized carbons (Fsp3) is 0.583. The minimum Gasteiger partial charge on any atom is -0.351 e. The first-order valence-corrected chi connectivity index (χ1v) is 6.40. The van der Waals surface area contributed by atoms with Crippen molar-refractivity contribution in [3.05, 3.63) is 28.1 Å². The molecule has 0 unspecified atom stereocenters. The number of carbonyl (C=O) groups is 1. The monoisotopic (exact) mass is 266 g/mol. The quantitative estimate of drug-likeness (QED) is 0.563. The number of rotatable bonds is 4. The van der Waals surface area contributed by atoms with Crippen LogP contribution in [0.2, 0.25) is 0 Å². The first kappa shape index (κ1) is 13.5. The molecule has 0 aliphatic heterocycles. The smallest absolute Gasteiger partial charge is 0.287 e. The van der Waals surface area contributed by atoms with Crippen LogP contribution >= 0.6 is 0 Å². The molecule has 0 atom stereocenters. The Kier molecular flexibility index (Phi) is 3.84. The van der Waals surface area contributed by atoms with E-state index in [0.29, 0.717) is 6.54 Å². The highest BCUT2D eigenvalue weighted by Gasteiger charge is 2.28. The minimum atomic E-state index is -0.543. The maximum absolute atomic E-state index is 11.8. The van der Waals surface area contributed by atoms with Crippen molar-refractivity contribution in [3.8, 4) is 0 Å². The largest absolute Gasteiger partial charge is 0.351 e. The third kappa shape index (κ3) is 3.31. The fourth-order valence-electron chi connectivity index (χ4n) is 2.40. The number of H-pyrrole nitrogens is 1. The van der Waals surface area contributed by atoms with Crippen LogP contribution in [-0.2, 0) is 0 Å². The zero-order valence-electron chi connectivity index (χ0n) is 10.6. The number of hydrogen-bond acceptors (Lipinski definition) is 4. The van der Waals surface area contributed by atoms with E-state index in [-0.39, 0.29) is 22.8 Å². The molecule has 1 aliphatic carbocycles. The molecule has 2 rings (SSSR count). The first-order chi connectivity index (χ1) is 9.00. The Morgan fingerprint density at radius 3 is 2.74 bits per heavy atom. The van der Waals surface area contributed by atoms with Crippen LogP contribution < -0.4 is 11.1 Å². The molecule has 1 fully saturated rings. The molecule has 7 nitrogen and oxygen atoms in total. The van der Waals surface area contributed by atoms with Crippen LogP contribution in [0, 0.1) is 10.1 Å². The number of hydrogen-bond donors (Lipinski definition) is 3. The normalized spacial score (nSPS) is 17.9. The SMILES string of the molecule is NC1(CNC(=O)c2cc([N+](=O)[O-])c[nH]2)CCCCC1. The summed E-state index contributed by atoms with van der Waals surface area (Å²) in [6.45, 7) is 0.401. The van der Waals surface area contributed by atoms with Gasteiger partial charge in [0.15, 0.2) is 0 Å². The highest BCUT2D eigenvalue weighted by Crippen LogP contribution is 2.25. The first-order valence-electron chi connectivity index (χ1n) is 6.40. The van der Waals surface area contributed by atoms with Crippen molar-refractivity contribution in [2.75, 3.05) is 6.54 Å². The Bertz CT molecular complexity index is 477. The number of nitrogens with one attached hydrogen (secondary N) is 2.